The number of fused-ring (bicyclic) bond motifs is 1. The van der Waals surface area contributed by atoms with Crippen LogP contribution in [0.5, 0.6) is 0 Å². The van der Waals surface area contributed by atoms with E-state index in [2.05, 4.69) is 10.0 Å². The average molecular weight is 388 g/mol. The minimum absolute atomic E-state index is 0.0815. The normalized spacial score (nSPS) is 18.7. The molecule has 0 bridgehead atoms. The molecule has 27 heavy (non-hydrogen) atoms. The van der Waals surface area contributed by atoms with E-state index in [9.17, 15) is 23.1 Å². The summed E-state index contributed by atoms with van der Waals surface area (Å²) in [6.45, 7) is 1.42. The van der Waals surface area contributed by atoms with Crippen molar-refractivity contribution in [2.24, 2.45) is 0 Å². The molecule has 8 heteroatoms. The van der Waals surface area contributed by atoms with E-state index in [0.717, 1.165) is 11.1 Å². The Labute approximate surface area is 157 Å². The maximum absolute atomic E-state index is 12.3. The quantitative estimate of drug-likeness (QED) is 0.697. The van der Waals surface area contributed by atoms with Gasteiger partial charge in [-0.05, 0) is 36.6 Å². The molecule has 1 aliphatic rings. The molecule has 0 radical (unpaired) electrons. The van der Waals surface area contributed by atoms with Crippen LogP contribution in [0.3, 0.4) is 0 Å². The van der Waals surface area contributed by atoms with Gasteiger partial charge in [-0.25, -0.2) is 13.1 Å². The molecule has 0 heterocycles. The van der Waals surface area contributed by atoms with Crippen LogP contribution in [0.15, 0.2) is 53.4 Å². The van der Waals surface area contributed by atoms with Crippen molar-refractivity contribution in [1.29, 1.82) is 0 Å². The summed E-state index contributed by atoms with van der Waals surface area (Å²) in [4.78, 5) is 23.7. The molecule has 0 fully saturated rings. The molecule has 0 spiro atoms. The van der Waals surface area contributed by atoms with E-state index in [1.807, 2.05) is 6.92 Å². The van der Waals surface area contributed by atoms with Gasteiger partial charge in [0.1, 0.15) is 0 Å². The van der Waals surface area contributed by atoms with Crippen LogP contribution in [0.25, 0.3) is 0 Å². The number of amides is 1. The van der Waals surface area contributed by atoms with Gasteiger partial charge in [0.05, 0.1) is 23.4 Å². The molecule has 7 nitrogen and oxygen atoms in total. The van der Waals surface area contributed by atoms with Gasteiger partial charge in [0, 0.05) is 0 Å². The molecule has 2 aromatic carbocycles. The molecular formula is C19H20N2O5S. The van der Waals surface area contributed by atoms with Gasteiger partial charge in [0.15, 0.2) is 0 Å². The second-order valence-electron chi connectivity index (χ2n) is 6.51. The molecule has 0 saturated heterocycles. The number of carbonyl (C=O) groups excluding carboxylic acids is 1. The number of nitrogens with one attached hydrogen (secondary N) is 2. The predicted molar refractivity (Wildman–Crippen MR) is 98.7 cm³/mol. The van der Waals surface area contributed by atoms with Crippen LogP contribution in [0.2, 0.25) is 0 Å². The van der Waals surface area contributed by atoms with Gasteiger partial charge in [-0.1, -0.05) is 42.0 Å². The molecule has 2 unspecified atom stereocenters. The smallest absolute Gasteiger partial charge is 0.311 e. The standard InChI is InChI=1S/C19H20N2O5S/c1-12-6-8-13(9-7-12)27(25,26)20-11-18(22)21-17-10-16(19(23)24)14-4-2-3-5-15(14)17/h2-9,16-17,20H,10-11H2,1H3,(H,21,22)(H,23,24). The predicted octanol–water partition coefficient (Wildman–Crippen LogP) is 1.70. The van der Waals surface area contributed by atoms with E-state index in [0.29, 0.717) is 5.56 Å². The molecule has 142 valence electrons. The molecule has 1 amide bonds. The number of hydrogen-bond donors (Lipinski definition) is 3. The highest BCUT2D eigenvalue weighted by atomic mass is 32.2. The highest BCUT2D eigenvalue weighted by Crippen LogP contribution is 2.40. The number of aliphatic carboxylic acids is 1. The number of rotatable bonds is 6. The number of benzene rings is 2. The van der Waals surface area contributed by atoms with E-state index in [1.54, 1.807) is 36.4 Å². The van der Waals surface area contributed by atoms with Crippen LogP contribution in [0.1, 0.15) is 35.1 Å². The second-order valence-corrected chi connectivity index (χ2v) is 8.28. The van der Waals surface area contributed by atoms with E-state index in [-0.39, 0.29) is 11.3 Å². The molecule has 3 N–H and O–H groups in total. The van der Waals surface area contributed by atoms with Crippen LogP contribution in [-0.4, -0.2) is 31.9 Å². The van der Waals surface area contributed by atoms with Crippen LogP contribution >= 0.6 is 0 Å². The topological polar surface area (TPSA) is 113 Å². The Hall–Kier alpha value is -2.71. The van der Waals surface area contributed by atoms with Crippen molar-refractivity contribution in [3.8, 4) is 0 Å². The molecule has 2 aromatic rings. The van der Waals surface area contributed by atoms with Gasteiger partial charge < -0.3 is 10.4 Å². The number of aryl methyl sites for hydroxylation is 1. The summed E-state index contributed by atoms with van der Waals surface area (Å²) in [7, 11) is -3.80. The zero-order valence-electron chi connectivity index (χ0n) is 14.7. The minimum Gasteiger partial charge on any atom is -0.481 e. The van der Waals surface area contributed by atoms with E-state index < -0.39 is 40.4 Å². The average Bonchev–Trinajstić information content (AvgIpc) is 2.99. The number of carbonyl (C=O) groups is 2. The Balaban J connectivity index is 1.65. The lowest BCUT2D eigenvalue weighted by Crippen LogP contribution is -2.38. The summed E-state index contributed by atoms with van der Waals surface area (Å²) in [6, 6.07) is 12.9. The first-order chi connectivity index (χ1) is 12.8. The van der Waals surface area contributed by atoms with Crippen molar-refractivity contribution in [1.82, 2.24) is 10.0 Å². The Morgan fingerprint density at radius 2 is 1.70 bits per heavy atom. The summed E-state index contributed by atoms with van der Waals surface area (Å²) in [5, 5.41) is 12.1. The Kier molecular flexibility index (Phi) is 5.29. The van der Waals surface area contributed by atoms with Crippen molar-refractivity contribution in [2.75, 3.05) is 6.54 Å². The number of carboxylic acids is 1. The molecule has 3 rings (SSSR count). The minimum atomic E-state index is -3.80. The summed E-state index contributed by atoms with van der Waals surface area (Å²) >= 11 is 0. The number of sulfonamides is 1. The van der Waals surface area contributed by atoms with Crippen LogP contribution in [-0.2, 0) is 19.6 Å². The van der Waals surface area contributed by atoms with Gasteiger partial charge in [0.2, 0.25) is 15.9 Å². The Morgan fingerprint density at radius 3 is 2.33 bits per heavy atom. The number of hydrogen-bond acceptors (Lipinski definition) is 4. The maximum Gasteiger partial charge on any atom is 0.311 e. The van der Waals surface area contributed by atoms with Crippen LogP contribution < -0.4 is 10.0 Å². The van der Waals surface area contributed by atoms with Crippen LogP contribution in [0, 0.1) is 6.92 Å². The molecule has 1 aliphatic carbocycles. The lowest BCUT2D eigenvalue weighted by atomic mass is 10.0. The third kappa shape index (κ3) is 4.17. The largest absolute Gasteiger partial charge is 0.481 e. The van der Waals surface area contributed by atoms with Crippen molar-refractivity contribution in [3.05, 3.63) is 65.2 Å². The van der Waals surface area contributed by atoms with Gasteiger partial charge >= 0.3 is 5.97 Å². The fourth-order valence-corrected chi connectivity index (χ4v) is 4.19. The lowest BCUT2D eigenvalue weighted by molar-refractivity contribution is -0.139. The molecule has 0 saturated carbocycles. The summed E-state index contributed by atoms with van der Waals surface area (Å²) in [6.07, 6.45) is 0.241. The number of carboxylic acid groups (broad SMARTS) is 1. The van der Waals surface area contributed by atoms with Gasteiger partial charge in [-0.2, -0.15) is 0 Å². The third-order valence-electron chi connectivity index (χ3n) is 4.61. The summed E-state index contributed by atoms with van der Waals surface area (Å²) < 4.78 is 26.8. The first kappa shape index (κ1) is 19.1. The molecule has 0 aromatic heterocycles. The molecular weight excluding hydrogens is 368 g/mol. The molecule has 0 aliphatic heterocycles. The Morgan fingerprint density at radius 1 is 1.07 bits per heavy atom. The van der Waals surface area contributed by atoms with Crippen molar-refractivity contribution >= 4 is 21.9 Å². The zero-order valence-corrected chi connectivity index (χ0v) is 15.5. The summed E-state index contributed by atoms with van der Waals surface area (Å²) in [5.74, 6) is -2.15. The lowest BCUT2D eigenvalue weighted by Gasteiger charge is -2.14. The third-order valence-corrected chi connectivity index (χ3v) is 6.02. The van der Waals surface area contributed by atoms with E-state index in [1.165, 1.54) is 12.1 Å². The van der Waals surface area contributed by atoms with Gasteiger partial charge in [0.25, 0.3) is 0 Å². The first-order valence-corrected chi connectivity index (χ1v) is 9.93. The summed E-state index contributed by atoms with van der Waals surface area (Å²) in [5.41, 5.74) is 2.36. The fraction of sp³-hybridized carbons (Fsp3) is 0.263. The highest BCUT2D eigenvalue weighted by Gasteiger charge is 2.35. The maximum atomic E-state index is 12.3. The fourth-order valence-electron chi connectivity index (χ4n) is 3.21. The molecule has 2 atom stereocenters. The van der Waals surface area contributed by atoms with E-state index in [4.69, 9.17) is 0 Å². The van der Waals surface area contributed by atoms with Gasteiger partial charge in [-0.3, -0.25) is 9.59 Å². The Bertz CT molecular complexity index is 970. The van der Waals surface area contributed by atoms with E-state index >= 15 is 0 Å². The second kappa shape index (κ2) is 7.50. The van der Waals surface area contributed by atoms with Crippen molar-refractivity contribution < 1.29 is 23.1 Å². The van der Waals surface area contributed by atoms with Gasteiger partial charge in [-0.15, -0.1) is 0 Å². The van der Waals surface area contributed by atoms with Crippen LogP contribution in [0.4, 0.5) is 0 Å². The highest BCUT2D eigenvalue weighted by molar-refractivity contribution is 7.89. The SMILES string of the molecule is Cc1ccc(S(=O)(=O)NCC(=O)NC2CC(C(=O)O)c3ccccc32)cc1. The monoisotopic (exact) mass is 388 g/mol. The zero-order chi connectivity index (χ0) is 19.6. The van der Waals surface area contributed by atoms with Crippen molar-refractivity contribution in [3.63, 3.8) is 0 Å². The van der Waals surface area contributed by atoms with Crippen molar-refractivity contribution in [2.45, 2.75) is 30.2 Å². The first-order valence-electron chi connectivity index (χ1n) is 8.45.